The summed E-state index contributed by atoms with van der Waals surface area (Å²) in [6.45, 7) is 5.43. The number of hydrogen-bond donors (Lipinski definition) is 2. The van der Waals surface area contributed by atoms with E-state index in [2.05, 4.69) is 10.6 Å². The van der Waals surface area contributed by atoms with Gasteiger partial charge in [-0.15, -0.1) is 0 Å². The van der Waals surface area contributed by atoms with Crippen LogP contribution >= 0.6 is 0 Å². The summed E-state index contributed by atoms with van der Waals surface area (Å²) in [6.07, 6.45) is 0.682. The van der Waals surface area contributed by atoms with Crippen molar-refractivity contribution in [3.05, 3.63) is 69.8 Å². The normalized spacial score (nSPS) is 12.7. The number of rotatable bonds is 7. The van der Waals surface area contributed by atoms with Gasteiger partial charge in [-0.3, -0.25) is 19.7 Å². The molecule has 2 atom stereocenters. The Labute approximate surface area is 157 Å². The van der Waals surface area contributed by atoms with Crippen molar-refractivity contribution in [1.29, 1.82) is 0 Å². The van der Waals surface area contributed by atoms with Gasteiger partial charge in [0.05, 0.1) is 4.92 Å². The number of nitrogens with one attached hydrogen (secondary N) is 2. The van der Waals surface area contributed by atoms with E-state index in [1.54, 1.807) is 49.4 Å². The predicted octanol–water partition coefficient (Wildman–Crippen LogP) is 3.69. The number of nitrogens with zero attached hydrogens (tertiary/aromatic N) is 1. The Hall–Kier alpha value is -3.22. The lowest BCUT2D eigenvalue weighted by Crippen LogP contribution is -2.47. The monoisotopic (exact) mass is 369 g/mol. The van der Waals surface area contributed by atoms with Crippen LogP contribution in [0.5, 0.6) is 0 Å². The van der Waals surface area contributed by atoms with Gasteiger partial charge in [-0.2, -0.15) is 0 Å². The van der Waals surface area contributed by atoms with Crippen molar-refractivity contribution < 1.29 is 14.5 Å². The minimum absolute atomic E-state index is 0.0683. The molecule has 27 heavy (non-hydrogen) atoms. The van der Waals surface area contributed by atoms with E-state index in [0.29, 0.717) is 23.2 Å². The van der Waals surface area contributed by atoms with Crippen molar-refractivity contribution in [3.8, 4) is 0 Å². The molecular formula is C20H23N3O4. The maximum atomic E-state index is 12.8. The number of carbonyl (C=O) groups is 2. The molecule has 0 heterocycles. The molecule has 7 heteroatoms. The summed E-state index contributed by atoms with van der Waals surface area (Å²) in [5.41, 5.74) is 1.22. The molecular weight excluding hydrogens is 346 g/mol. The molecule has 2 aromatic rings. The molecule has 0 spiro atoms. The van der Waals surface area contributed by atoms with Gasteiger partial charge in [-0.25, -0.2) is 0 Å². The van der Waals surface area contributed by atoms with E-state index < -0.39 is 16.9 Å². The zero-order chi connectivity index (χ0) is 20.0. The van der Waals surface area contributed by atoms with Crippen LogP contribution in [0.2, 0.25) is 0 Å². The third kappa shape index (κ3) is 5.13. The first-order chi connectivity index (χ1) is 12.8. The molecule has 2 amide bonds. The van der Waals surface area contributed by atoms with Crippen LogP contribution in [-0.2, 0) is 4.79 Å². The molecule has 0 saturated carbocycles. The van der Waals surface area contributed by atoms with Crippen LogP contribution < -0.4 is 10.6 Å². The summed E-state index contributed by atoms with van der Waals surface area (Å²) in [6, 6.07) is 12.4. The zero-order valence-electron chi connectivity index (χ0n) is 15.6. The van der Waals surface area contributed by atoms with Crippen LogP contribution in [0, 0.1) is 23.0 Å². The molecule has 0 aliphatic heterocycles. The van der Waals surface area contributed by atoms with E-state index in [4.69, 9.17) is 0 Å². The number of hydrogen-bond acceptors (Lipinski definition) is 4. The molecule has 0 aromatic heterocycles. The van der Waals surface area contributed by atoms with Gasteiger partial charge in [0, 0.05) is 22.9 Å². The minimum Gasteiger partial charge on any atom is -0.340 e. The van der Waals surface area contributed by atoms with Crippen molar-refractivity contribution in [2.24, 2.45) is 5.92 Å². The van der Waals surface area contributed by atoms with Crippen molar-refractivity contribution in [2.75, 3.05) is 5.32 Å². The molecule has 7 nitrogen and oxygen atoms in total. The molecule has 2 rings (SSSR count). The van der Waals surface area contributed by atoms with E-state index in [1.807, 2.05) is 13.8 Å². The van der Waals surface area contributed by atoms with Crippen molar-refractivity contribution in [2.45, 2.75) is 33.2 Å². The maximum absolute atomic E-state index is 12.8. The van der Waals surface area contributed by atoms with Crippen molar-refractivity contribution in [1.82, 2.24) is 5.32 Å². The SMILES string of the molecule is CCC(C)C(NC(=O)c1ccccc1)C(=O)Nc1ccc(C)c([N+](=O)[O-])c1. The van der Waals surface area contributed by atoms with Gasteiger partial charge >= 0.3 is 0 Å². The summed E-state index contributed by atoms with van der Waals surface area (Å²) in [5, 5.41) is 16.5. The number of carbonyl (C=O) groups excluding carboxylic acids is 2. The Bertz CT molecular complexity index is 836. The Kier molecular flexibility index (Phi) is 6.65. The number of anilines is 1. The maximum Gasteiger partial charge on any atom is 0.274 e. The largest absolute Gasteiger partial charge is 0.340 e. The number of benzene rings is 2. The van der Waals surface area contributed by atoms with Gasteiger partial charge in [-0.1, -0.05) is 44.5 Å². The fraction of sp³-hybridized carbons (Fsp3) is 0.300. The lowest BCUT2D eigenvalue weighted by Gasteiger charge is -2.23. The summed E-state index contributed by atoms with van der Waals surface area (Å²) in [5.74, 6) is -0.865. The van der Waals surface area contributed by atoms with E-state index in [9.17, 15) is 19.7 Å². The standard InChI is InChI=1S/C20H23N3O4/c1-4-13(2)18(22-19(24)15-8-6-5-7-9-15)20(25)21-16-11-10-14(3)17(12-16)23(26)27/h5-13,18H,4H2,1-3H3,(H,21,25)(H,22,24). The molecule has 142 valence electrons. The Balaban J connectivity index is 2.19. The van der Waals surface area contributed by atoms with Gasteiger partial charge < -0.3 is 10.6 Å². The number of nitro groups is 1. The lowest BCUT2D eigenvalue weighted by molar-refractivity contribution is -0.385. The van der Waals surface area contributed by atoms with E-state index >= 15 is 0 Å². The van der Waals surface area contributed by atoms with Crippen LogP contribution in [0.15, 0.2) is 48.5 Å². The summed E-state index contributed by atoms with van der Waals surface area (Å²) < 4.78 is 0. The van der Waals surface area contributed by atoms with Gasteiger partial charge in [-0.05, 0) is 31.0 Å². The first-order valence-electron chi connectivity index (χ1n) is 8.75. The highest BCUT2D eigenvalue weighted by molar-refractivity contribution is 6.01. The van der Waals surface area contributed by atoms with Gasteiger partial charge in [0.2, 0.25) is 5.91 Å². The smallest absolute Gasteiger partial charge is 0.274 e. The molecule has 0 saturated heterocycles. The molecule has 0 aliphatic rings. The Morgan fingerprint density at radius 3 is 2.41 bits per heavy atom. The third-order valence-corrected chi connectivity index (χ3v) is 4.49. The van der Waals surface area contributed by atoms with Crippen LogP contribution in [0.25, 0.3) is 0 Å². The predicted molar refractivity (Wildman–Crippen MR) is 104 cm³/mol. The second-order valence-corrected chi connectivity index (χ2v) is 6.45. The lowest BCUT2D eigenvalue weighted by atomic mass is 9.97. The highest BCUT2D eigenvalue weighted by Gasteiger charge is 2.27. The minimum atomic E-state index is -0.761. The topological polar surface area (TPSA) is 101 Å². The molecule has 2 N–H and O–H groups in total. The van der Waals surface area contributed by atoms with Gasteiger partial charge in [0.25, 0.3) is 11.6 Å². The average Bonchev–Trinajstić information content (AvgIpc) is 2.67. The Morgan fingerprint density at radius 1 is 1.15 bits per heavy atom. The molecule has 2 unspecified atom stereocenters. The molecule has 0 fully saturated rings. The molecule has 0 bridgehead atoms. The summed E-state index contributed by atoms with van der Waals surface area (Å²) >= 11 is 0. The number of aryl methyl sites for hydroxylation is 1. The molecule has 0 radical (unpaired) electrons. The van der Waals surface area contributed by atoms with E-state index in [0.717, 1.165) is 0 Å². The zero-order valence-corrected chi connectivity index (χ0v) is 15.6. The van der Waals surface area contributed by atoms with Crippen LogP contribution in [0.3, 0.4) is 0 Å². The van der Waals surface area contributed by atoms with Gasteiger partial charge in [0.1, 0.15) is 6.04 Å². The summed E-state index contributed by atoms with van der Waals surface area (Å²) in [4.78, 5) is 35.8. The quantitative estimate of drug-likeness (QED) is 0.574. The fourth-order valence-corrected chi connectivity index (χ4v) is 2.62. The third-order valence-electron chi connectivity index (χ3n) is 4.49. The van der Waals surface area contributed by atoms with Crippen molar-refractivity contribution >= 4 is 23.2 Å². The van der Waals surface area contributed by atoms with Gasteiger partial charge in [0.15, 0.2) is 0 Å². The molecule has 2 aromatic carbocycles. The highest BCUT2D eigenvalue weighted by atomic mass is 16.6. The van der Waals surface area contributed by atoms with Crippen LogP contribution in [0.1, 0.15) is 36.2 Å². The van der Waals surface area contributed by atoms with E-state index in [1.165, 1.54) is 6.07 Å². The highest BCUT2D eigenvalue weighted by Crippen LogP contribution is 2.23. The second kappa shape index (κ2) is 8.93. The van der Waals surface area contributed by atoms with Crippen LogP contribution in [-0.4, -0.2) is 22.8 Å². The number of nitro benzene ring substituents is 1. The first kappa shape index (κ1) is 20.1. The summed E-state index contributed by atoms with van der Waals surface area (Å²) in [7, 11) is 0. The Morgan fingerprint density at radius 2 is 1.81 bits per heavy atom. The van der Waals surface area contributed by atoms with E-state index in [-0.39, 0.29) is 17.5 Å². The number of amides is 2. The average molecular weight is 369 g/mol. The fourth-order valence-electron chi connectivity index (χ4n) is 2.62. The first-order valence-corrected chi connectivity index (χ1v) is 8.75. The molecule has 0 aliphatic carbocycles. The van der Waals surface area contributed by atoms with Crippen LogP contribution in [0.4, 0.5) is 11.4 Å². The second-order valence-electron chi connectivity index (χ2n) is 6.45. The van der Waals surface area contributed by atoms with Crippen molar-refractivity contribution in [3.63, 3.8) is 0 Å².